The molecule has 33 heavy (non-hydrogen) atoms. The standard InChI is InChI=1S/C26H32O6S/c1-5-30-26(27)19-32-23-11-15-25(16-12-23)33(28,29)24-13-9-22(10-14-24)31-18-17-21(4)8-6-7-20(2)3/h7,9-17H,5-6,8,18-19H2,1-4H3/b21-17-. The molecule has 0 N–H and O–H groups in total. The van der Waals surface area contributed by atoms with Gasteiger partial charge >= 0.3 is 5.97 Å². The van der Waals surface area contributed by atoms with Crippen molar-refractivity contribution in [3.8, 4) is 11.5 Å². The van der Waals surface area contributed by atoms with Gasteiger partial charge in [-0.05, 0) is 95.1 Å². The van der Waals surface area contributed by atoms with Crippen LogP contribution >= 0.6 is 0 Å². The SMILES string of the molecule is CCOC(=O)COc1ccc(S(=O)(=O)c2ccc(OC/C=C(/C)CCC=C(C)C)cc2)cc1. The average Bonchev–Trinajstić information content (AvgIpc) is 2.78. The number of esters is 1. The number of allylic oxidation sites excluding steroid dienone is 3. The van der Waals surface area contributed by atoms with Gasteiger partial charge in [-0.15, -0.1) is 0 Å². The number of carbonyl (C=O) groups is 1. The maximum Gasteiger partial charge on any atom is 0.344 e. The molecule has 0 aromatic heterocycles. The van der Waals surface area contributed by atoms with E-state index >= 15 is 0 Å². The van der Waals surface area contributed by atoms with Gasteiger partial charge in [0.2, 0.25) is 9.84 Å². The van der Waals surface area contributed by atoms with Crippen molar-refractivity contribution in [2.24, 2.45) is 0 Å². The second-order valence-electron chi connectivity index (χ2n) is 7.72. The molecule has 2 aromatic carbocycles. The number of ether oxygens (including phenoxy) is 3. The minimum atomic E-state index is -3.68. The highest BCUT2D eigenvalue weighted by atomic mass is 32.2. The Labute approximate surface area is 196 Å². The molecule has 0 aliphatic rings. The number of sulfone groups is 1. The van der Waals surface area contributed by atoms with Crippen molar-refractivity contribution in [1.82, 2.24) is 0 Å². The summed E-state index contributed by atoms with van der Waals surface area (Å²) in [5, 5.41) is 0. The van der Waals surface area contributed by atoms with Crippen molar-refractivity contribution in [1.29, 1.82) is 0 Å². The molecule has 0 heterocycles. The fourth-order valence-electron chi connectivity index (χ4n) is 2.88. The van der Waals surface area contributed by atoms with E-state index in [9.17, 15) is 13.2 Å². The lowest BCUT2D eigenvalue weighted by molar-refractivity contribution is -0.145. The van der Waals surface area contributed by atoms with Gasteiger partial charge in [-0.25, -0.2) is 13.2 Å². The highest BCUT2D eigenvalue weighted by molar-refractivity contribution is 7.91. The van der Waals surface area contributed by atoms with E-state index in [0.29, 0.717) is 18.1 Å². The van der Waals surface area contributed by atoms with Crippen LogP contribution in [0.2, 0.25) is 0 Å². The van der Waals surface area contributed by atoms with Gasteiger partial charge in [0.25, 0.3) is 0 Å². The van der Waals surface area contributed by atoms with E-state index in [1.807, 2.05) is 6.08 Å². The lowest BCUT2D eigenvalue weighted by Gasteiger charge is -2.09. The molecule has 0 atom stereocenters. The number of rotatable bonds is 12. The molecule has 0 fully saturated rings. The molecule has 0 saturated heterocycles. The van der Waals surface area contributed by atoms with Crippen LogP contribution in [-0.4, -0.2) is 34.2 Å². The van der Waals surface area contributed by atoms with Crippen LogP contribution in [0.15, 0.2) is 81.6 Å². The Morgan fingerprint density at radius 2 is 1.39 bits per heavy atom. The molecule has 0 spiro atoms. The summed E-state index contributed by atoms with van der Waals surface area (Å²) in [6.07, 6.45) is 6.24. The molecular formula is C26H32O6S. The summed E-state index contributed by atoms with van der Waals surface area (Å²) in [5.74, 6) is 0.505. The minimum Gasteiger partial charge on any atom is -0.490 e. The maximum absolute atomic E-state index is 12.9. The fourth-order valence-corrected chi connectivity index (χ4v) is 4.14. The van der Waals surface area contributed by atoms with Crippen molar-refractivity contribution in [3.63, 3.8) is 0 Å². The minimum absolute atomic E-state index is 0.134. The summed E-state index contributed by atoms with van der Waals surface area (Å²) in [4.78, 5) is 11.7. The van der Waals surface area contributed by atoms with Gasteiger partial charge in [0.15, 0.2) is 6.61 Å². The first-order valence-electron chi connectivity index (χ1n) is 10.9. The van der Waals surface area contributed by atoms with Gasteiger partial charge in [-0.1, -0.05) is 17.2 Å². The number of hydrogen-bond acceptors (Lipinski definition) is 6. The largest absolute Gasteiger partial charge is 0.490 e. The van der Waals surface area contributed by atoms with Crippen LogP contribution in [0.5, 0.6) is 11.5 Å². The van der Waals surface area contributed by atoms with Gasteiger partial charge in [0.05, 0.1) is 16.4 Å². The predicted molar refractivity (Wildman–Crippen MR) is 128 cm³/mol. The van der Waals surface area contributed by atoms with Crippen LogP contribution in [0, 0.1) is 0 Å². The number of carbonyl (C=O) groups excluding carboxylic acids is 1. The van der Waals surface area contributed by atoms with E-state index in [0.717, 1.165) is 12.8 Å². The molecule has 2 rings (SSSR count). The first kappa shape index (κ1) is 26.2. The summed E-state index contributed by atoms with van der Waals surface area (Å²) in [6, 6.07) is 12.3. The lowest BCUT2D eigenvalue weighted by Crippen LogP contribution is -2.14. The van der Waals surface area contributed by atoms with Crippen LogP contribution in [-0.2, 0) is 19.4 Å². The molecule has 0 saturated carbocycles. The van der Waals surface area contributed by atoms with E-state index in [-0.39, 0.29) is 23.0 Å². The Bertz CT molecular complexity index is 1060. The third-order valence-electron chi connectivity index (χ3n) is 4.70. The summed E-state index contributed by atoms with van der Waals surface area (Å²) >= 11 is 0. The Kier molecular flexibility index (Phi) is 10.2. The maximum atomic E-state index is 12.9. The van der Waals surface area contributed by atoms with Crippen LogP contribution in [0.1, 0.15) is 40.5 Å². The molecule has 0 radical (unpaired) electrons. The zero-order valence-corrected chi connectivity index (χ0v) is 20.5. The van der Waals surface area contributed by atoms with Gasteiger partial charge in [0.1, 0.15) is 18.1 Å². The first-order valence-corrected chi connectivity index (χ1v) is 12.4. The van der Waals surface area contributed by atoms with Crippen molar-refractivity contribution in [3.05, 3.63) is 71.8 Å². The van der Waals surface area contributed by atoms with Crippen molar-refractivity contribution < 1.29 is 27.4 Å². The van der Waals surface area contributed by atoms with Crippen LogP contribution in [0.25, 0.3) is 0 Å². The molecule has 6 nitrogen and oxygen atoms in total. The fraction of sp³-hybridized carbons (Fsp3) is 0.346. The van der Waals surface area contributed by atoms with Crippen LogP contribution < -0.4 is 9.47 Å². The number of benzene rings is 2. The molecule has 0 bridgehead atoms. The van der Waals surface area contributed by atoms with E-state index in [4.69, 9.17) is 14.2 Å². The summed E-state index contributed by atoms with van der Waals surface area (Å²) in [7, 11) is -3.68. The zero-order chi connectivity index (χ0) is 24.3. The third kappa shape index (κ3) is 8.77. The van der Waals surface area contributed by atoms with Crippen molar-refractivity contribution in [2.75, 3.05) is 19.8 Å². The second-order valence-corrected chi connectivity index (χ2v) is 9.67. The van der Waals surface area contributed by atoms with E-state index in [2.05, 4.69) is 26.8 Å². The molecule has 0 amide bonds. The zero-order valence-electron chi connectivity index (χ0n) is 19.7. The smallest absolute Gasteiger partial charge is 0.344 e. The molecule has 0 aliphatic heterocycles. The second kappa shape index (κ2) is 12.8. The molecule has 2 aromatic rings. The van der Waals surface area contributed by atoms with E-state index in [1.54, 1.807) is 19.1 Å². The first-order chi connectivity index (χ1) is 15.7. The third-order valence-corrected chi connectivity index (χ3v) is 6.49. The highest BCUT2D eigenvalue weighted by Gasteiger charge is 2.18. The Morgan fingerprint density at radius 1 is 0.848 bits per heavy atom. The summed E-state index contributed by atoms with van der Waals surface area (Å²) in [5.41, 5.74) is 2.56. The molecule has 0 unspecified atom stereocenters. The Morgan fingerprint density at radius 3 is 1.91 bits per heavy atom. The van der Waals surface area contributed by atoms with Crippen molar-refractivity contribution in [2.45, 2.75) is 50.3 Å². The Hall–Kier alpha value is -3.06. The molecular weight excluding hydrogens is 440 g/mol. The topological polar surface area (TPSA) is 78.9 Å². The summed E-state index contributed by atoms with van der Waals surface area (Å²) in [6.45, 7) is 8.43. The van der Waals surface area contributed by atoms with Gasteiger partial charge in [-0.3, -0.25) is 0 Å². The molecule has 7 heteroatoms. The quantitative estimate of drug-likeness (QED) is 0.298. The predicted octanol–water partition coefficient (Wildman–Crippen LogP) is 5.53. The molecule has 178 valence electrons. The van der Waals surface area contributed by atoms with Gasteiger partial charge in [-0.2, -0.15) is 0 Å². The van der Waals surface area contributed by atoms with Crippen LogP contribution in [0.4, 0.5) is 0 Å². The van der Waals surface area contributed by atoms with Crippen molar-refractivity contribution >= 4 is 15.8 Å². The van der Waals surface area contributed by atoms with Gasteiger partial charge < -0.3 is 14.2 Å². The lowest BCUT2D eigenvalue weighted by atomic mass is 10.1. The average molecular weight is 473 g/mol. The Balaban J connectivity index is 1.94. The van der Waals surface area contributed by atoms with E-state index in [1.165, 1.54) is 47.5 Å². The van der Waals surface area contributed by atoms with E-state index < -0.39 is 15.8 Å². The number of hydrogen-bond donors (Lipinski definition) is 0. The normalized spacial score (nSPS) is 11.6. The molecule has 0 aliphatic carbocycles. The monoisotopic (exact) mass is 472 g/mol. The van der Waals surface area contributed by atoms with Crippen LogP contribution in [0.3, 0.4) is 0 Å². The highest BCUT2D eigenvalue weighted by Crippen LogP contribution is 2.25. The van der Waals surface area contributed by atoms with Gasteiger partial charge in [0, 0.05) is 0 Å². The summed E-state index contributed by atoms with van der Waals surface area (Å²) < 4.78 is 41.6.